The minimum atomic E-state index is -0.474. The summed E-state index contributed by atoms with van der Waals surface area (Å²) in [4.78, 5) is 15.4. The van der Waals surface area contributed by atoms with Crippen molar-refractivity contribution in [3.8, 4) is 0 Å². The monoisotopic (exact) mass is 576 g/mol. The lowest BCUT2D eigenvalue weighted by Crippen LogP contribution is -2.28. The van der Waals surface area contributed by atoms with E-state index in [4.69, 9.17) is 11.1 Å². The molecule has 1 saturated carbocycles. The fourth-order valence-electron chi connectivity index (χ4n) is 5.87. The van der Waals surface area contributed by atoms with Crippen LogP contribution >= 0.6 is 0 Å². The Labute approximate surface area is 247 Å². The van der Waals surface area contributed by atoms with E-state index in [0.717, 1.165) is 52.4 Å². The van der Waals surface area contributed by atoms with Crippen LogP contribution in [-0.4, -0.2) is 21.9 Å². The molecule has 4 aromatic rings. The van der Waals surface area contributed by atoms with Crippen molar-refractivity contribution < 1.29 is 13.6 Å². The fourth-order valence-corrected chi connectivity index (χ4v) is 5.87. The average molecular weight is 577 g/mol. The van der Waals surface area contributed by atoms with E-state index in [1.165, 1.54) is 30.6 Å². The summed E-state index contributed by atoms with van der Waals surface area (Å²) in [6, 6.07) is 14.5. The van der Waals surface area contributed by atoms with E-state index in [0.29, 0.717) is 33.8 Å². The normalized spacial score (nSPS) is 15.1. The summed E-state index contributed by atoms with van der Waals surface area (Å²) in [6.45, 7) is 4.20. The summed E-state index contributed by atoms with van der Waals surface area (Å²) in [5, 5.41) is 15.9. The Kier molecular flexibility index (Phi) is 7.23. The maximum absolute atomic E-state index is 15.5. The first-order valence-corrected chi connectivity index (χ1v) is 13.9. The van der Waals surface area contributed by atoms with Gasteiger partial charge in [0.15, 0.2) is 0 Å². The van der Waals surface area contributed by atoms with Crippen molar-refractivity contribution >= 4 is 40.0 Å². The minimum Gasteiger partial charge on any atom is -0.404 e. The second kappa shape index (κ2) is 11.2. The number of benzene rings is 3. The van der Waals surface area contributed by atoms with Crippen molar-refractivity contribution in [1.82, 2.24) is 9.78 Å². The number of hydrogen-bond donors (Lipinski definition) is 3. The van der Waals surface area contributed by atoms with E-state index in [1.54, 1.807) is 40.0 Å². The van der Waals surface area contributed by atoms with Gasteiger partial charge in [0.1, 0.15) is 11.6 Å². The second-order valence-electron chi connectivity index (χ2n) is 10.7. The molecule has 1 amide bonds. The number of amides is 1. The third-order valence-electron chi connectivity index (χ3n) is 8.07. The number of anilines is 2. The van der Waals surface area contributed by atoms with Gasteiger partial charge in [-0.05, 0) is 95.6 Å². The van der Waals surface area contributed by atoms with Gasteiger partial charge in [-0.2, -0.15) is 5.10 Å². The molecule has 7 nitrogen and oxygen atoms in total. The molecular weight excluding hydrogens is 546 g/mol. The van der Waals surface area contributed by atoms with Crippen LogP contribution in [0.25, 0.3) is 16.5 Å². The summed E-state index contributed by atoms with van der Waals surface area (Å²) >= 11 is 0. The van der Waals surface area contributed by atoms with Crippen LogP contribution in [0.1, 0.15) is 36.0 Å². The Morgan fingerprint density at radius 1 is 1.12 bits per heavy atom. The highest BCUT2D eigenvalue weighted by Crippen LogP contribution is 2.42. The molecule has 43 heavy (non-hydrogen) atoms. The zero-order valence-corrected chi connectivity index (χ0v) is 23.6. The first-order chi connectivity index (χ1) is 20.8. The van der Waals surface area contributed by atoms with Gasteiger partial charge >= 0.3 is 0 Å². The number of halogens is 2. The van der Waals surface area contributed by atoms with E-state index in [1.807, 2.05) is 25.4 Å². The quantitative estimate of drug-likeness (QED) is 0.213. The number of nitrogens with two attached hydrogens (primary N) is 1. The fraction of sp³-hybridized carbons (Fsp3) is 0.147. The molecule has 216 valence electrons. The highest BCUT2D eigenvalue weighted by molar-refractivity contribution is 6.10. The molecule has 2 aliphatic rings. The number of rotatable bonds is 7. The number of aryl methyl sites for hydroxylation is 1. The van der Waals surface area contributed by atoms with Crippen LogP contribution in [0, 0.1) is 17.0 Å². The summed E-state index contributed by atoms with van der Waals surface area (Å²) in [7, 11) is 1.83. The van der Waals surface area contributed by atoms with Gasteiger partial charge in [-0.3, -0.25) is 9.48 Å². The predicted molar refractivity (Wildman–Crippen MR) is 166 cm³/mol. The van der Waals surface area contributed by atoms with Gasteiger partial charge in [0.05, 0.1) is 23.0 Å². The smallest absolute Gasteiger partial charge is 0.258 e. The molecular formula is C34H30F2N6O. The van der Waals surface area contributed by atoms with Gasteiger partial charge in [0.25, 0.3) is 5.91 Å². The topological polar surface area (TPSA) is 100 Å². The van der Waals surface area contributed by atoms with Crippen LogP contribution in [0.15, 0.2) is 102 Å². The van der Waals surface area contributed by atoms with Crippen molar-refractivity contribution in [1.29, 1.82) is 5.41 Å². The molecule has 4 N–H and O–H groups in total. The number of aromatic nitrogens is 2. The molecule has 1 aliphatic carbocycles. The molecule has 0 spiro atoms. The zero-order chi connectivity index (χ0) is 30.2. The molecule has 0 atom stereocenters. The van der Waals surface area contributed by atoms with Crippen LogP contribution < -0.4 is 16.0 Å². The molecule has 1 aromatic heterocycles. The Morgan fingerprint density at radius 3 is 2.63 bits per heavy atom. The molecule has 0 saturated heterocycles. The van der Waals surface area contributed by atoms with E-state index in [2.05, 4.69) is 17.0 Å². The number of hydrogen-bond acceptors (Lipinski definition) is 5. The van der Waals surface area contributed by atoms with Crippen molar-refractivity contribution in [2.45, 2.75) is 25.7 Å². The van der Waals surface area contributed by atoms with E-state index < -0.39 is 5.82 Å². The highest BCUT2D eigenvalue weighted by atomic mass is 19.1. The summed E-state index contributed by atoms with van der Waals surface area (Å²) in [5.74, 6) is -1.20. The molecule has 1 fully saturated rings. The first-order valence-electron chi connectivity index (χ1n) is 13.9. The third-order valence-corrected chi connectivity index (χ3v) is 8.07. The summed E-state index contributed by atoms with van der Waals surface area (Å²) < 4.78 is 30.8. The molecule has 0 unspecified atom stereocenters. The van der Waals surface area contributed by atoms with E-state index in [9.17, 15) is 9.18 Å². The lowest BCUT2D eigenvalue weighted by atomic mass is 9.93. The van der Waals surface area contributed by atoms with Gasteiger partial charge < -0.3 is 21.4 Å². The lowest BCUT2D eigenvalue weighted by molar-refractivity contribution is -0.112. The molecule has 9 heteroatoms. The van der Waals surface area contributed by atoms with E-state index >= 15 is 4.39 Å². The largest absolute Gasteiger partial charge is 0.404 e. The summed E-state index contributed by atoms with van der Waals surface area (Å²) in [5.41, 5.74) is 13.1. The molecule has 0 radical (unpaired) electrons. The minimum absolute atomic E-state index is 0.248. The molecule has 2 heterocycles. The number of fused-ring (bicyclic) bond motifs is 2. The molecule has 0 bridgehead atoms. The number of nitrogens with zero attached hydrogens (tertiary/aromatic N) is 3. The SMILES string of the molecule is C=C1C(C(=O)Nc2ccc(Cc3cc4cnn(C)c4cc3/C(C=N)=C/N)c(F)c2)=C2CCCC2=CN1c1ccc(F)cc1. The zero-order valence-electron chi connectivity index (χ0n) is 23.6. The number of nitrogens with one attached hydrogen (secondary N) is 2. The Bertz CT molecular complexity index is 1900. The van der Waals surface area contributed by atoms with Crippen molar-refractivity contribution in [3.05, 3.63) is 131 Å². The molecule has 1 aliphatic heterocycles. The van der Waals surface area contributed by atoms with Gasteiger partial charge in [-0.1, -0.05) is 12.6 Å². The molecule has 6 rings (SSSR count). The Balaban J connectivity index is 1.27. The number of allylic oxidation sites excluding steroid dienone is 3. The maximum atomic E-state index is 15.5. The Hall–Kier alpha value is -5.31. The van der Waals surface area contributed by atoms with Crippen LogP contribution in [0.4, 0.5) is 20.2 Å². The van der Waals surface area contributed by atoms with Crippen LogP contribution in [0.3, 0.4) is 0 Å². The van der Waals surface area contributed by atoms with Crippen LogP contribution in [-0.2, 0) is 18.3 Å². The average Bonchev–Trinajstić information content (AvgIpc) is 3.61. The van der Waals surface area contributed by atoms with Crippen LogP contribution in [0.5, 0.6) is 0 Å². The van der Waals surface area contributed by atoms with Gasteiger partial charge in [-0.25, -0.2) is 8.78 Å². The van der Waals surface area contributed by atoms with Gasteiger partial charge in [0.2, 0.25) is 0 Å². The lowest BCUT2D eigenvalue weighted by Gasteiger charge is -2.30. The first kappa shape index (κ1) is 27.8. The van der Waals surface area contributed by atoms with Gasteiger partial charge in [-0.15, -0.1) is 0 Å². The van der Waals surface area contributed by atoms with E-state index in [-0.39, 0.29) is 18.1 Å². The third kappa shape index (κ3) is 5.14. The summed E-state index contributed by atoms with van der Waals surface area (Å²) in [6.07, 6.45) is 8.97. The second-order valence-corrected chi connectivity index (χ2v) is 10.7. The number of carbonyl (C=O) groups is 1. The maximum Gasteiger partial charge on any atom is 0.258 e. The predicted octanol–water partition coefficient (Wildman–Crippen LogP) is 6.73. The van der Waals surface area contributed by atoms with Crippen molar-refractivity contribution in [2.24, 2.45) is 12.8 Å². The van der Waals surface area contributed by atoms with Crippen molar-refractivity contribution in [2.75, 3.05) is 10.2 Å². The van der Waals surface area contributed by atoms with Crippen LogP contribution in [0.2, 0.25) is 0 Å². The van der Waals surface area contributed by atoms with Gasteiger partial charge in [0, 0.05) is 54.4 Å². The Morgan fingerprint density at radius 2 is 1.91 bits per heavy atom. The highest BCUT2D eigenvalue weighted by Gasteiger charge is 2.31. The van der Waals surface area contributed by atoms with Crippen molar-refractivity contribution in [3.63, 3.8) is 0 Å². The standard InChI is InChI=1S/C34H30F2N6O/c1-20-33(29-5-3-4-22(29)19-42(20)28-10-7-26(35)8-11-28)34(43)40-27-9-6-21(31(36)14-27)12-23-13-24-18-39-41(2)32(24)15-30(23)25(16-37)17-38/h6-11,13-19,37H,1,3-5,12,38H2,2H3,(H,40,43)/b25-17+,37-16?. The molecule has 3 aromatic carbocycles. The number of carbonyl (C=O) groups excluding carboxylic acids is 1.